The summed E-state index contributed by atoms with van der Waals surface area (Å²) in [6, 6.07) is 4.22. The summed E-state index contributed by atoms with van der Waals surface area (Å²) >= 11 is 0. The van der Waals surface area contributed by atoms with E-state index < -0.39 is 0 Å². The number of hydrogen-bond acceptors (Lipinski definition) is 2. The van der Waals surface area contributed by atoms with Crippen molar-refractivity contribution in [2.45, 2.75) is 41.0 Å². The van der Waals surface area contributed by atoms with Gasteiger partial charge in [0.2, 0.25) is 0 Å². The third-order valence-electron chi connectivity index (χ3n) is 2.55. The van der Waals surface area contributed by atoms with Gasteiger partial charge in [-0.05, 0) is 43.5 Å². The largest absolute Gasteiger partial charge is 0.399 e. The number of anilines is 2. The zero-order valence-corrected chi connectivity index (χ0v) is 11.6. The fourth-order valence-electron chi connectivity index (χ4n) is 1.69. The Morgan fingerprint density at radius 1 is 1.12 bits per heavy atom. The number of nitrogens with two attached hydrogens (primary N) is 1. The second-order valence-electron chi connectivity index (χ2n) is 3.92. The molecule has 16 heavy (non-hydrogen) atoms. The van der Waals surface area contributed by atoms with Gasteiger partial charge in [0.15, 0.2) is 0 Å². The lowest BCUT2D eigenvalue weighted by atomic mass is 10.1. The minimum atomic E-state index is 0.885. The van der Waals surface area contributed by atoms with Crippen molar-refractivity contribution in [2.75, 3.05) is 24.2 Å². The summed E-state index contributed by atoms with van der Waals surface area (Å²) in [6.45, 7) is 11.4. The molecular weight excluding hydrogens is 196 g/mol. The van der Waals surface area contributed by atoms with Crippen molar-refractivity contribution in [2.24, 2.45) is 0 Å². The minimum absolute atomic E-state index is 0.885. The quantitative estimate of drug-likeness (QED) is 0.789. The lowest BCUT2D eigenvalue weighted by Crippen LogP contribution is -2.19. The maximum absolute atomic E-state index is 5.85. The van der Waals surface area contributed by atoms with Gasteiger partial charge in [0.05, 0.1) is 0 Å². The van der Waals surface area contributed by atoms with Gasteiger partial charge in [0.1, 0.15) is 0 Å². The zero-order valence-electron chi connectivity index (χ0n) is 11.6. The predicted molar refractivity (Wildman–Crippen MR) is 75.2 cm³/mol. The number of nitrogen functional groups attached to an aromatic ring is 1. The molecule has 0 aromatic heterocycles. The van der Waals surface area contributed by atoms with Crippen molar-refractivity contribution < 1.29 is 0 Å². The smallest absolute Gasteiger partial charge is 0.0397 e. The summed E-state index contributed by atoms with van der Waals surface area (Å²) in [5.41, 5.74) is 10.4. The Balaban J connectivity index is 0.00000106. The molecule has 0 unspecified atom stereocenters. The van der Waals surface area contributed by atoms with E-state index in [9.17, 15) is 0 Å². The van der Waals surface area contributed by atoms with Crippen molar-refractivity contribution >= 4 is 11.4 Å². The van der Waals surface area contributed by atoms with Gasteiger partial charge in [-0.25, -0.2) is 0 Å². The highest BCUT2D eigenvalue weighted by Gasteiger charge is 2.05. The normalized spacial score (nSPS) is 9.38. The van der Waals surface area contributed by atoms with Crippen LogP contribution in [0.1, 0.15) is 38.3 Å². The summed E-state index contributed by atoms with van der Waals surface area (Å²) in [5.74, 6) is 0. The van der Waals surface area contributed by atoms with E-state index in [0.717, 1.165) is 17.8 Å². The van der Waals surface area contributed by atoms with Crippen LogP contribution >= 0.6 is 0 Å². The van der Waals surface area contributed by atoms with Crippen molar-refractivity contribution in [3.05, 3.63) is 23.3 Å². The topological polar surface area (TPSA) is 29.3 Å². The summed E-state index contributed by atoms with van der Waals surface area (Å²) in [6.07, 6.45) is 1.17. The van der Waals surface area contributed by atoms with Crippen LogP contribution in [0.4, 0.5) is 11.4 Å². The lowest BCUT2D eigenvalue weighted by Gasteiger charge is -2.21. The highest BCUT2D eigenvalue weighted by Crippen LogP contribution is 2.24. The van der Waals surface area contributed by atoms with Crippen LogP contribution in [-0.2, 0) is 0 Å². The highest BCUT2D eigenvalue weighted by atomic mass is 15.1. The molecule has 0 heterocycles. The van der Waals surface area contributed by atoms with Gasteiger partial charge in [-0.2, -0.15) is 0 Å². The molecule has 0 bridgehead atoms. The maximum atomic E-state index is 5.85. The first-order valence-corrected chi connectivity index (χ1v) is 6.14. The number of nitrogens with zero attached hydrogens (tertiary/aromatic N) is 1. The first-order valence-electron chi connectivity index (χ1n) is 6.14. The fourth-order valence-corrected chi connectivity index (χ4v) is 1.69. The van der Waals surface area contributed by atoms with Crippen LogP contribution in [0.2, 0.25) is 0 Å². The molecule has 0 atom stereocenters. The summed E-state index contributed by atoms with van der Waals surface area (Å²) < 4.78 is 0. The first-order chi connectivity index (χ1) is 7.56. The van der Waals surface area contributed by atoms with Crippen LogP contribution in [-0.4, -0.2) is 13.6 Å². The molecule has 0 saturated carbocycles. The van der Waals surface area contributed by atoms with Gasteiger partial charge in [-0.3, -0.25) is 0 Å². The first kappa shape index (κ1) is 14.8. The van der Waals surface area contributed by atoms with Crippen LogP contribution in [0.5, 0.6) is 0 Å². The number of benzene rings is 1. The summed E-state index contributed by atoms with van der Waals surface area (Å²) in [4.78, 5) is 2.28. The molecule has 0 saturated heterocycles. The van der Waals surface area contributed by atoms with Gasteiger partial charge in [-0.1, -0.05) is 20.8 Å². The van der Waals surface area contributed by atoms with E-state index in [1.165, 1.54) is 17.7 Å². The van der Waals surface area contributed by atoms with E-state index in [2.05, 4.69) is 44.9 Å². The fraction of sp³-hybridized carbons (Fsp3) is 0.571. The highest BCUT2D eigenvalue weighted by molar-refractivity contribution is 5.62. The molecule has 0 radical (unpaired) electrons. The summed E-state index contributed by atoms with van der Waals surface area (Å²) in [5, 5.41) is 0. The molecule has 1 rings (SSSR count). The molecule has 2 nitrogen and oxygen atoms in total. The van der Waals surface area contributed by atoms with Gasteiger partial charge in [0.25, 0.3) is 0 Å². The lowest BCUT2D eigenvalue weighted by molar-refractivity contribution is 0.849. The average molecular weight is 222 g/mol. The van der Waals surface area contributed by atoms with Crippen LogP contribution in [0, 0.1) is 13.8 Å². The molecule has 2 heteroatoms. The Kier molecular flexibility index (Phi) is 6.63. The minimum Gasteiger partial charge on any atom is -0.399 e. The van der Waals surface area contributed by atoms with E-state index in [4.69, 9.17) is 5.73 Å². The molecular formula is C14H26N2. The van der Waals surface area contributed by atoms with Crippen molar-refractivity contribution in [3.63, 3.8) is 0 Å². The van der Waals surface area contributed by atoms with E-state index in [1.54, 1.807) is 0 Å². The second kappa shape index (κ2) is 7.15. The van der Waals surface area contributed by atoms with Crippen LogP contribution < -0.4 is 10.6 Å². The number of hydrogen-bond donors (Lipinski definition) is 1. The predicted octanol–water partition coefficient (Wildman–Crippen LogP) is 3.76. The monoisotopic (exact) mass is 222 g/mol. The molecule has 92 valence electrons. The van der Waals surface area contributed by atoms with Gasteiger partial charge >= 0.3 is 0 Å². The molecule has 0 fully saturated rings. The van der Waals surface area contributed by atoms with E-state index in [0.29, 0.717) is 0 Å². The van der Waals surface area contributed by atoms with Crippen molar-refractivity contribution in [1.29, 1.82) is 0 Å². The third-order valence-corrected chi connectivity index (χ3v) is 2.55. The van der Waals surface area contributed by atoms with Crippen LogP contribution in [0.25, 0.3) is 0 Å². The van der Waals surface area contributed by atoms with Gasteiger partial charge < -0.3 is 10.6 Å². The second-order valence-corrected chi connectivity index (χ2v) is 3.92. The maximum Gasteiger partial charge on any atom is 0.0397 e. The van der Waals surface area contributed by atoms with Crippen LogP contribution in [0.3, 0.4) is 0 Å². The SMILES string of the molecule is CC.CCCN(C)c1cc(C)c(N)cc1C. The van der Waals surface area contributed by atoms with Gasteiger partial charge in [-0.15, -0.1) is 0 Å². The van der Waals surface area contributed by atoms with E-state index in [-0.39, 0.29) is 0 Å². The Morgan fingerprint density at radius 3 is 2.19 bits per heavy atom. The standard InChI is InChI=1S/C12H20N2.C2H6/c1-5-6-14(4)12-8-9(2)11(13)7-10(12)3;1-2/h7-8H,5-6,13H2,1-4H3;1-2H3. The number of aryl methyl sites for hydroxylation is 2. The Bertz CT molecular complexity index is 319. The van der Waals surface area contributed by atoms with Crippen molar-refractivity contribution in [3.8, 4) is 0 Å². The van der Waals surface area contributed by atoms with Gasteiger partial charge in [0, 0.05) is 25.0 Å². The van der Waals surface area contributed by atoms with E-state index in [1.807, 2.05) is 13.8 Å². The average Bonchev–Trinajstić information content (AvgIpc) is 2.26. The van der Waals surface area contributed by atoms with E-state index >= 15 is 0 Å². The summed E-state index contributed by atoms with van der Waals surface area (Å²) in [7, 11) is 2.13. The molecule has 0 amide bonds. The zero-order chi connectivity index (χ0) is 12.7. The van der Waals surface area contributed by atoms with Crippen LogP contribution in [0.15, 0.2) is 12.1 Å². The number of rotatable bonds is 3. The molecule has 0 spiro atoms. The third kappa shape index (κ3) is 3.76. The Labute approximate surface area is 100 Å². The Hall–Kier alpha value is -1.18. The van der Waals surface area contributed by atoms with Crippen molar-refractivity contribution in [1.82, 2.24) is 0 Å². The molecule has 0 aliphatic rings. The molecule has 0 aliphatic carbocycles. The Morgan fingerprint density at radius 2 is 1.69 bits per heavy atom. The molecule has 0 aliphatic heterocycles. The molecule has 2 N–H and O–H groups in total. The molecule has 1 aromatic rings. The molecule has 1 aromatic carbocycles.